The molecule has 5 heteroatoms. The Kier molecular flexibility index (Phi) is 3.87. The standard InChI is InChI=1S/C14H7ClN4/c15-14-6-5-13(18-19-14)12-3-1-10(2-4-12)7-11(8-16)9-17/h1-7H. The molecule has 0 unspecified atom stereocenters. The Morgan fingerprint density at radius 1 is 1.00 bits per heavy atom. The molecule has 1 heterocycles. The quantitative estimate of drug-likeness (QED) is 0.782. The molecule has 0 radical (unpaired) electrons. The van der Waals surface area contributed by atoms with Crippen LogP contribution in [0.2, 0.25) is 5.15 Å². The number of nitrogens with zero attached hydrogens (tertiary/aromatic N) is 4. The SMILES string of the molecule is N#CC(C#N)=Cc1ccc(-c2ccc(Cl)nn2)cc1. The van der Waals surface area contributed by atoms with Gasteiger partial charge < -0.3 is 0 Å². The van der Waals surface area contributed by atoms with Gasteiger partial charge in [0, 0.05) is 5.56 Å². The van der Waals surface area contributed by atoms with Crippen molar-refractivity contribution in [3.05, 3.63) is 52.7 Å². The highest BCUT2D eigenvalue weighted by atomic mass is 35.5. The molecule has 0 aliphatic carbocycles. The molecular formula is C14H7ClN4. The molecule has 4 nitrogen and oxygen atoms in total. The summed E-state index contributed by atoms with van der Waals surface area (Å²) >= 11 is 5.67. The summed E-state index contributed by atoms with van der Waals surface area (Å²) in [7, 11) is 0. The van der Waals surface area contributed by atoms with E-state index in [0.29, 0.717) is 10.8 Å². The van der Waals surface area contributed by atoms with Gasteiger partial charge in [-0.15, -0.1) is 10.2 Å². The summed E-state index contributed by atoms with van der Waals surface area (Å²) in [6.07, 6.45) is 1.53. The molecular weight excluding hydrogens is 260 g/mol. The third-order valence-corrected chi connectivity index (χ3v) is 2.59. The molecule has 90 valence electrons. The minimum Gasteiger partial charge on any atom is -0.192 e. The van der Waals surface area contributed by atoms with E-state index in [9.17, 15) is 0 Å². The van der Waals surface area contributed by atoms with Gasteiger partial charge in [-0.3, -0.25) is 0 Å². The highest BCUT2D eigenvalue weighted by molar-refractivity contribution is 6.29. The van der Waals surface area contributed by atoms with Crippen LogP contribution in [0.5, 0.6) is 0 Å². The van der Waals surface area contributed by atoms with Crippen molar-refractivity contribution >= 4 is 17.7 Å². The molecule has 19 heavy (non-hydrogen) atoms. The minimum atomic E-state index is 0.0686. The summed E-state index contributed by atoms with van der Waals surface area (Å²) in [5.74, 6) is 0. The molecule has 0 saturated carbocycles. The van der Waals surface area contributed by atoms with E-state index in [-0.39, 0.29) is 5.57 Å². The van der Waals surface area contributed by atoms with Gasteiger partial charge in [-0.25, -0.2) is 0 Å². The Hall–Kier alpha value is -2.69. The second-order valence-electron chi connectivity index (χ2n) is 3.64. The smallest absolute Gasteiger partial charge is 0.151 e. The third-order valence-electron chi connectivity index (χ3n) is 2.39. The molecule has 0 aliphatic rings. The van der Waals surface area contributed by atoms with Crippen LogP contribution in [0.4, 0.5) is 0 Å². The van der Waals surface area contributed by atoms with Crippen LogP contribution in [0.25, 0.3) is 17.3 Å². The van der Waals surface area contributed by atoms with Crippen LogP contribution >= 0.6 is 11.6 Å². The molecule has 0 saturated heterocycles. The number of rotatable bonds is 2. The molecule has 2 aromatic rings. The van der Waals surface area contributed by atoms with Gasteiger partial charge in [0.05, 0.1) is 5.69 Å². The van der Waals surface area contributed by atoms with E-state index >= 15 is 0 Å². The van der Waals surface area contributed by atoms with Gasteiger partial charge in [-0.2, -0.15) is 10.5 Å². The van der Waals surface area contributed by atoms with Gasteiger partial charge >= 0.3 is 0 Å². The van der Waals surface area contributed by atoms with Crippen LogP contribution in [0.1, 0.15) is 5.56 Å². The van der Waals surface area contributed by atoms with Crippen molar-refractivity contribution in [3.8, 4) is 23.4 Å². The average Bonchev–Trinajstić information content (AvgIpc) is 2.46. The highest BCUT2D eigenvalue weighted by Crippen LogP contribution is 2.18. The lowest BCUT2D eigenvalue weighted by Crippen LogP contribution is -1.87. The van der Waals surface area contributed by atoms with Crippen molar-refractivity contribution < 1.29 is 0 Å². The summed E-state index contributed by atoms with van der Waals surface area (Å²) in [4.78, 5) is 0. The molecule has 0 bridgehead atoms. The second-order valence-corrected chi connectivity index (χ2v) is 4.03. The number of hydrogen-bond donors (Lipinski definition) is 0. The lowest BCUT2D eigenvalue weighted by Gasteiger charge is -2.00. The second kappa shape index (κ2) is 5.77. The molecule has 0 amide bonds. The first-order valence-corrected chi connectivity index (χ1v) is 5.72. The summed E-state index contributed by atoms with van der Waals surface area (Å²) < 4.78 is 0. The third kappa shape index (κ3) is 3.16. The zero-order valence-electron chi connectivity index (χ0n) is 9.71. The fourth-order valence-electron chi connectivity index (χ4n) is 1.48. The minimum absolute atomic E-state index is 0.0686. The normalized spacial score (nSPS) is 9.21. The summed E-state index contributed by atoms with van der Waals surface area (Å²) in [6.45, 7) is 0. The van der Waals surface area contributed by atoms with E-state index in [4.69, 9.17) is 22.1 Å². The molecule has 0 spiro atoms. The van der Waals surface area contributed by atoms with Crippen LogP contribution in [0.15, 0.2) is 42.0 Å². The van der Waals surface area contributed by atoms with Gasteiger partial charge in [-0.05, 0) is 23.8 Å². The van der Waals surface area contributed by atoms with Crippen molar-refractivity contribution in [3.63, 3.8) is 0 Å². The first-order valence-electron chi connectivity index (χ1n) is 5.34. The van der Waals surface area contributed by atoms with E-state index in [1.165, 1.54) is 6.08 Å². The molecule has 0 fully saturated rings. The Morgan fingerprint density at radius 2 is 1.68 bits per heavy atom. The van der Waals surface area contributed by atoms with Gasteiger partial charge in [0.1, 0.15) is 17.7 Å². The van der Waals surface area contributed by atoms with Crippen LogP contribution < -0.4 is 0 Å². The van der Waals surface area contributed by atoms with E-state index in [1.807, 2.05) is 24.3 Å². The van der Waals surface area contributed by atoms with Crippen LogP contribution in [-0.4, -0.2) is 10.2 Å². The number of nitriles is 2. The largest absolute Gasteiger partial charge is 0.192 e. The molecule has 0 N–H and O–H groups in total. The van der Waals surface area contributed by atoms with E-state index in [1.54, 1.807) is 24.3 Å². The lowest BCUT2D eigenvalue weighted by molar-refractivity contribution is 1.04. The Bertz CT molecular complexity index is 672. The summed E-state index contributed by atoms with van der Waals surface area (Å²) in [5.41, 5.74) is 2.44. The molecule has 1 aromatic carbocycles. The average molecular weight is 267 g/mol. The first-order chi connectivity index (χ1) is 9.22. The molecule has 2 rings (SSSR count). The van der Waals surface area contributed by atoms with E-state index < -0.39 is 0 Å². The van der Waals surface area contributed by atoms with Crippen molar-refractivity contribution in [2.45, 2.75) is 0 Å². The molecule has 0 atom stereocenters. The van der Waals surface area contributed by atoms with Gasteiger partial charge in [0.25, 0.3) is 0 Å². The van der Waals surface area contributed by atoms with Crippen LogP contribution in [-0.2, 0) is 0 Å². The fraction of sp³-hybridized carbons (Fsp3) is 0. The molecule has 1 aromatic heterocycles. The number of halogens is 1. The monoisotopic (exact) mass is 266 g/mol. The van der Waals surface area contributed by atoms with Crippen molar-refractivity contribution in [1.82, 2.24) is 10.2 Å². The zero-order valence-corrected chi connectivity index (χ0v) is 10.5. The summed E-state index contributed by atoms with van der Waals surface area (Å²) in [5, 5.41) is 25.4. The van der Waals surface area contributed by atoms with Gasteiger partial charge in [-0.1, -0.05) is 35.9 Å². The molecule has 0 aliphatic heterocycles. The van der Waals surface area contributed by atoms with Crippen molar-refractivity contribution in [2.24, 2.45) is 0 Å². The van der Waals surface area contributed by atoms with Crippen molar-refractivity contribution in [1.29, 1.82) is 10.5 Å². The number of benzene rings is 1. The van der Waals surface area contributed by atoms with Gasteiger partial charge in [0.15, 0.2) is 5.15 Å². The predicted molar refractivity (Wildman–Crippen MR) is 71.7 cm³/mol. The maximum absolute atomic E-state index is 8.67. The Labute approximate surface area is 115 Å². The fourth-order valence-corrected chi connectivity index (χ4v) is 1.58. The van der Waals surface area contributed by atoms with E-state index in [2.05, 4.69) is 10.2 Å². The first kappa shape index (κ1) is 12.8. The summed E-state index contributed by atoms with van der Waals surface area (Å²) in [6, 6.07) is 14.4. The van der Waals surface area contributed by atoms with Crippen LogP contribution in [0.3, 0.4) is 0 Å². The number of allylic oxidation sites excluding steroid dienone is 1. The number of hydrogen-bond acceptors (Lipinski definition) is 4. The van der Waals surface area contributed by atoms with Gasteiger partial charge in [0.2, 0.25) is 0 Å². The maximum atomic E-state index is 8.67. The zero-order chi connectivity index (χ0) is 13.7. The maximum Gasteiger partial charge on any atom is 0.151 e. The van der Waals surface area contributed by atoms with E-state index in [0.717, 1.165) is 11.1 Å². The topological polar surface area (TPSA) is 73.4 Å². The van der Waals surface area contributed by atoms with Crippen LogP contribution in [0, 0.1) is 22.7 Å². The number of aromatic nitrogens is 2. The Balaban J connectivity index is 2.29. The Morgan fingerprint density at radius 3 is 2.21 bits per heavy atom. The predicted octanol–water partition coefficient (Wildman–Crippen LogP) is 3.23. The lowest BCUT2D eigenvalue weighted by atomic mass is 10.1. The van der Waals surface area contributed by atoms with Crippen molar-refractivity contribution in [2.75, 3.05) is 0 Å². The highest BCUT2D eigenvalue weighted by Gasteiger charge is 2.00.